The van der Waals surface area contributed by atoms with Gasteiger partial charge in [0.1, 0.15) is 0 Å². The maximum atomic E-state index is 13.6. The van der Waals surface area contributed by atoms with Crippen LogP contribution >= 0.6 is 0 Å². The molecule has 0 aliphatic rings. The van der Waals surface area contributed by atoms with E-state index in [1.807, 2.05) is 48.8 Å². The van der Waals surface area contributed by atoms with Crippen LogP contribution in [0.4, 0.5) is 0 Å². The van der Waals surface area contributed by atoms with Gasteiger partial charge >= 0.3 is 5.97 Å². The first-order valence-corrected chi connectivity index (χ1v) is 14.8. The number of pyridine rings is 2. The fourth-order valence-electron chi connectivity index (χ4n) is 5.14. The van der Waals surface area contributed by atoms with Gasteiger partial charge in [0.25, 0.3) is 0 Å². The molecule has 3 aromatic heterocycles. The van der Waals surface area contributed by atoms with Gasteiger partial charge < -0.3 is 28.1 Å². The molecule has 0 bridgehead atoms. The third-order valence-electron chi connectivity index (χ3n) is 7.59. The van der Waals surface area contributed by atoms with Crippen LogP contribution in [0.1, 0.15) is 54.8 Å². The quantitative estimate of drug-likeness (QED) is 0.0919. The van der Waals surface area contributed by atoms with Crippen LogP contribution in [-0.2, 0) is 11.3 Å². The van der Waals surface area contributed by atoms with Crippen molar-refractivity contribution in [1.82, 2.24) is 4.40 Å². The van der Waals surface area contributed by atoms with E-state index in [1.165, 1.54) is 21.3 Å². The molecule has 2 aromatic carbocycles. The molecule has 0 atom stereocenters. The summed E-state index contributed by atoms with van der Waals surface area (Å²) < 4.78 is 30.0. The van der Waals surface area contributed by atoms with Gasteiger partial charge in [0, 0.05) is 29.5 Å². The summed E-state index contributed by atoms with van der Waals surface area (Å²) in [4.78, 5) is 39.4. The molecule has 47 heavy (non-hydrogen) atoms. The number of nitrogens with zero attached hydrogens (tertiary/aromatic N) is 2. The Kier molecular flexibility index (Phi) is 10.0. The molecular weight excluding hydrogens is 600 g/mol. The van der Waals surface area contributed by atoms with E-state index in [4.69, 9.17) is 23.7 Å². The SMILES string of the molecule is CCOC(=O)c1cc(C(=O)c2ccc(OC)c(OC)c2)n2ccc(/C=C/c3cc[n+](CC(=O)c4ccc(OC)c(OC)c4)cc3)cc12. The summed E-state index contributed by atoms with van der Waals surface area (Å²) in [6, 6.07) is 19.1. The van der Waals surface area contributed by atoms with E-state index in [9.17, 15) is 14.4 Å². The first-order chi connectivity index (χ1) is 22.8. The van der Waals surface area contributed by atoms with Gasteiger partial charge in [-0.1, -0.05) is 12.2 Å². The zero-order valence-corrected chi connectivity index (χ0v) is 26.8. The first-order valence-electron chi connectivity index (χ1n) is 14.8. The third kappa shape index (κ3) is 7.01. The largest absolute Gasteiger partial charge is 0.493 e. The topological polar surface area (TPSA) is 106 Å². The lowest BCUT2D eigenvalue weighted by Crippen LogP contribution is -2.37. The van der Waals surface area contributed by atoms with Crippen LogP contribution in [0.5, 0.6) is 23.0 Å². The normalized spacial score (nSPS) is 11.0. The fourth-order valence-corrected chi connectivity index (χ4v) is 5.14. The smallest absolute Gasteiger partial charge is 0.340 e. The first kappa shape index (κ1) is 32.5. The Morgan fingerprint density at radius 3 is 1.91 bits per heavy atom. The molecule has 10 heteroatoms. The number of methoxy groups -OCH3 is 4. The number of hydrogen-bond acceptors (Lipinski definition) is 8. The van der Waals surface area contributed by atoms with Crippen molar-refractivity contribution in [2.75, 3.05) is 35.0 Å². The Hall–Kier alpha value is -5.90. The summed E-state index contributed by atoms with van der Waals surface area (Å²) in [5.74, 6) is 1.11. The Bertz CT molecular complexity index is 1980. The van der Waals surface area contributed by atoms with Crippen molar-refractivity contribution in [2.45, 2.75) is 13.5 Å². The van der Waals surface area contributed by atoms with E-state index in [0.717, 1.165) is 11.1 Å². The summed E-state index contributed by atoms with van der Waals surface area (Å²) in [7, 11) is 6.11. The van der Waals surface area contributed by atoms with Crippen LogP contribution in [0.2, 0.25) is 0 Å². The van der Waals surface area contributed by atoms with Crippen molar-refractivity contribution in [3.8, 4) is 23.0 Å². The van der Waals surface area contributed by atoms with Crippen LogP contribution in [-0.4, -0.2) is 57.0 Å². The number of carbonyl (C=O) groups excluding carboxylic acids is 3. The number of ketones is 2. The molecule has 10 nitrogen and oxygen atoms in total. The minimum atomic E-state index is -0.521. The number of ether oxygens (including phenoxy) is 5. The summed E-state index contributed by atoms with van der Waals surface area (Å²) in [6.07, 6.45) is 9.25. The molecule has 0 aliphatic carbocycles. The van der Waals surface area contributed by atoms with Crippen molar-refractivity contribution in [3.05, 3.63) is 119 Å². The molecule has 0 spiro atoms. The van der Waals surface area contributed by atoms with Crippen molar-refractivity contribution in [2.24, 2.45) is 0 Å². The minimum absolute atomic E-state index is 0.0684. The predicted molar refractivity (Wildman–Crippen MR) is 176 cm³/mol. The predicted octanol–water partition coefficient (Wildman–Crippen LogP) is 5.72. The number of esters is 1. The van der Waals surface area contributed by atoms with Crippen LogP contribution in [0.25, 0.3) is 17.7 Å². The summed E-state index contributed by atoms with van der Waals surface area (Å²) in [5.41, 5.74) is 3.75. The number of benzene rings is 2. The number of hydrogen-bond donors (Lipinski definition) is 0. The van der Waals surface area contributed by atoms with Crippen molar-refractivity contribution in [1.29, 1.82) is 0 Å². The van der Waals surface area contributed by atoms with Crippen molar-refractivity contribution < 1.29 is 42.6 Å². The van der Waals surface area contributed by atoms with Crippen LogP contribution in [0, 0.1) is 0 Å². The molecule has 5 aromatic rings. The van der Waals surface area contributed by atoms with E-state index in [-0.39, 0.29) is 30.3 Å². The summed E-state index contributed by atoms with van der Waals surface area (Å²) in [6.45, 7) is 2.09. The maximum absolute atomic E-state index is 13.6. The van der Waals surface area contributed by atoms with Gasteiger partial charge in [-0.15, -0.1) is 0 Å². The van der Waals surface area contributed by atoms with Crippen LogP contribution < -0.4 is 23.5 Å². The van der Waals surface area contributed by atoms with Crippen LogP contribution in [0.15, 0.2) is 85.3 Å². The number of fused-ring (bicyclic) bond motifs is 1. The molecule has 240 valence electrons. The Morgan fingerprint density at radius 1 is 0.702 bits per heavy atom. The molecule has 0 fully saturated rings. The zero-order valence-electron chi connectivity index (χ0n) is 26.8. The van der Waals surface area contributed by atoms with E-state index in [0.29, 0.717) is 45.3 Å². The van der Waals surface area contributed by atoms with E-state index in [2.05, 4.69) is 0 Å². The van der Waals surface area contributed by atoms with Gasteiger partial charge in [0.15, 0.2) is 35.4 Å². The Balaban J connectivity index is 1.37. The lowest BCUT2D eigenvalue weighted by atomic mass is 10.1. The fraction of sp³-hybridized carbons (Fsp3) is 0.189. The van der Waals surface area contributed by atoms with E-state index >= 15 is 0 Å². The summed E-state index contributed by atoms with van der Waals surface area (Å²) >= 11 is 0. The molecule has 0 aliphatic heterocycles. The molecule has 5 rings (SSSR count). The van der Waals surface area contributed by atoms with Gasteiger partial charge in [0.05, 0.1) is 51.8 Å². The highest BCUT2D eigenvalue weighted by atomic mass is 16.5. The monoisotopic (exact) mass is 635 g/mol. The molecule has 0 unspecified atom stereocenters. The standard InChI is InChI=1S/C37H35N2O8/c1-6-47-37(42)28-22-30(36(41)27-10-12-33(44-3)35(21-27)46-5)39-18-15-25(19-29(28)39)8-7-24-13-16-38(17-14-24)23-31(40)26-9-11-32(43-2)34(20-26)45-4/h7-22H,6,23H2,1-5H3/q+1. The lowest BCUT2D eigenvalue weighted by Gasteiger charge is -2.09. The second-order valence-electron chi connectivity index (χ2n) is 10.4. The lowest BCUT2D eigenvalue weighted by molar-refractivity contribution is -0.683. The molecule has 0 saturated carbocycles. The Labute approximate surface area is 272 Å². The Morgan fingerprint density at radius 2 is 1.30 bits per heavy atom. The number of aromatic nitrogens is 2. The average molecular weight is 636 g/mol. The van der Waals surface area contributed by atoms with Gasteiger partial charge in [-0.3, -0.25) is 9.59 Å². The molecule has 0 N–H and O–H groups in total. The van der Waals surface area contributed by atoms with E-state index in [1.54, 1.807) is 71.7 Å². The second-order valence-corrected chi connectivity index (χ2v) is 10.4. The number of rotatable bonds is 13. The van der Waals surface area contributed by atoms with E-state index < -0.39 is 5.97 Å². The highest BCUT2D eigenvalue weighted by Crippen LogP contribution is 2.30. The minimum Gasteiger partial charge on any atom is -0.493 e. The molecule has 0 radical (unpaired) electrons. The van der Waals surface area contributed by atoms with Gasteiger partial charge in [0.2, 0.25) is 18.1 Å². The van der Waals surface area contributed by atoms with Gasteiger partial charge in [-0.25, -0.2) is 4.79 Å². The third-order valence-corrected chi connectivity index (χ3v) is 7.59. The highest BCUT2D eigenvalue weighted by Gasteiger charge is 2.23. The number of carbonyl (C=O) groups is 3. The van der Waals surface area contributed by atoms with Crippen LogP contribution in [0.3, 0.4) is 0 Å². The molecular formula is C37H35N2O8+. The molecule has 0 amide bonds. The molecule has 0 saturated heterocycles. The maximum Gasteiger partial charge on any atom is 0.340 e. The molecule has 3 heterocycles. The average Bonchev–Trinajstić information content (AvgIpc) is 3.49. The summed E-state index contributed by atoms with van der Waals surface area (Å²) in [5, 5.41) is 0. The number of Topliss-reactive ketones (excluding diaryl/α,β-unsaturated/α-hetero) is 1. The zero-order chi connectivity index (χ0) is 33.5. The highest BCUT2D eigenvalue weighted by molar-refractivity contribution is 6.11. The second kappa shape index (κ2) is 14.5. The van der Waals surface area contributed by atoms with Gasteiger partial charge in [-0.05, 0) is 72.6 Å². The van der Waals surface area contributed by atoms with Crippen molar-refractivity contribution in [3.63, 3.8) is 0 Å². The van der Waals surface area contributed by atoms with Gasteiger partial charge in [-0.2, -0.15) is 4.57 Å². The van der Waals surface area contributed by atoms with Crippen molar-refractivity contribution >= 4 is 35.2 Å².